The number of anilines is 1. The van der Waals surface area contributed by atoms with Gasteiger partial charge in [-0.05, 0) is 36.4 Å². The number of carbonyl (C=O) groups excluding carboxylic acids is 1. The van der Waals surface area contributed by atoms with Gasteiger partial charge in [-0.1, -0.05) is 11.6 Å². The number of nitrogens with zero attached hydrogens (tertiary/aromatic N) is 1. The number of nitrogens with one attached hydrogen (secondary N) is 1. The molecule has 0 atom stereocenters. The number of halogens is 4. The second-order valence-corrected chi connectivity index (χ2v) is 8.84. The van der Waals surface area contributed by atoms with E-state index in [0.29, 0.717) is 6.07 Å². The molecule has 0 spiro atoms. The second-order valence-electron chi connectivity index (χ2n) is 6.53. The summed E-state index contributed by atoms with van der Waals surface area (Å²) in [6.45, 7) is 0.745. The van der Waals surface area contributed by atoms with Crippen LogP contribution >= 0.6 is 11.6 Å². The maximum atomic E-state index is 13.0. The second kappa shape index (κ2) is 9.03. The lowest BCUT2D eigenvalue weighted by atomic mass is 10.1. The Morgan fingerprint density at radius 1 is 1.16 bits per heavy atom. The van der Waals surface area contributed by atoms with Crippen molar-refractivity contribution in [2.75, 3.05) is 38.7 Å². The van der Waals surface area contributed by atoms with Gasteiger partial charge in [0.1, 0.15) is 10.6 Å². The number of morpholine rings is 1. The lowest BCUT2D eigenvalue weighted by Gasteiger charge is -2.26. The van der Waals surface area contributed by atoms with Crippen LogP contribution in [0, 0.1) is 0 Å². The number of carbonyl (C=O) groups is 1. The predicted molar refractivity (Wildman–Crippen MR) is 107 cm³/mol. The molecular weight excluding hydrogens is 461 g/mol. The SMILES string of the molecule is COc1ccc(C(=O)Nc2cc(C(F)(F)F)ccc2Cl)cc1S(=O)(=O)N1CCOCC1. The lowest BCUT2D eigenvalue weighted by Crippen LogP contribution is -2.40. The molecule has 0 saturated carbocycles. The van der Waals surface area contributed by atoms with Gasteiger partial charge in [-0.25, -0.2) is 8.42 Å². The molecule has 1 amide bonds. The van der Waals surface area contributed by atoms with Crippen molar-refractivity contribution >= 4 is 33.2 Å². The first-order valence-electron chi connectivity index (χ1n) is 8.98. The van der Waals surface area contributed by atoms with E-state index in [1.807, 2.05) is 0 Å². The van der Waals surface area contributed by atoms with Gasteiger partial charge in [0.2, 0.25) is 10.0 Å². The summed E-state index contributed by atoms with van der Waals surface area (Å²) >= 11 is 5.91. The summed E-state index contributed by atoms with van der Waals surface area (Å²) in [5.74, 6) is -0.803. The molecule has 1 aliphatic rings. The van der Waals surface area contributed by atoms with E-state index in [0.717, 1.165) is 18.2 Å². The number of hydrogen-bond donors (Lipinski definition) is 1. The van der Waals surface area contributed by atoms with E-state index in [4.69, 9.17) is 21.1 Å². The number of alkyl halides is 3. The molecule has 0 radical (unpaired) electrons. The Morgan fingerprint density at radius 3 is 2.45 bits per heavy atom. The minimum Gasteiger partial charge on any atom is -0.495 e. The van der Waals surface area contributed by atoms with Gasteiger partial charge in [-0.3, -0.25) is 4.79 Å². The van der Waals surface area contributed by atoms with Crippen LogP contribution in [0.5, 0.6) is 5.75 Å². The first-order valence-corrected chi connectivity index (χ1v) is 10.8. The van der Waals surface area contributed by atoms with Crippen LogP contribution in [0.2, 0.25) is 5.02 Å². The summed E-state index contributed by atoms with van der Waals surface area (Å²) in [7, 11) is -2.71. The van der Waals surface area contributed by atoms with Crippen LogP contribution in [0.25, 0.3) is 0 Å². The Kier molecular flexibility index (Phi) is 6.79. The van der Waals surface area contributed by atoms with Crippen LogP contribution in [0.3, 0.4) is 0 Å². The fourth-order valence-corrected chi connectivity index (χ4v) is 4.69. The van der Waals surface area contributed by atoms with Crippen molar-refractivity contribution in [1.82, 2.24) is 4.31 Å². The number of methoxy groups -OCH3 is 1. The topological polar surface area (TPSA) is 84.9 Å². The average Bonchev–Trinajstić information content (AvgIpc) is 2.74. The molecule has 1 heterocycles. The van der Waals surface area contributed by atoms with Crippen molar-refractivity contribution < 1.29 is 35.9 Å². The third-order valence-corrected chi connectivity index (χ3v) is 6.81. The Hall–Kier alpha value is -2.34. The van der Waals surface area contributed by atoms with E-state index in [-0.39, 0.29) is 53.2 Å². The Morgan fingerprint density at radius 2 is 1.84 bits per heavy atom. The zero-order valence-corrected chi connectivity index (χ0v) is 17.8. The molecule has 12 heteroatoms. The highest BCUT2D eigenvalue weighted by molar-refractivity contribution is 7.89. The number of hydrogen-bond acceptors (Lipinski definition) is 5. The Bertz CT molecular complexity index is 1090. The maximum Gasteiger partial charge on any atom is 0.416 e. The molecule has 0 aliphatic carbocycles. The summed E-state index contributed by atoms with van der Waals surface area (Å²) < 4.78 is 76.4. The van der Waals surface area contributed by atoms with E-state index < -0.39 is 27.7 Å². The molecule has 0 aromatic heterocycles. The van der Waals surface area contributed by atoms with Crippen LogP contribution in [0.15, 0.2) is 41.3 Å². The van der Waals surface area contributed by atoms with Gasteiger partial charge in [-0.2, -0.15) is 17.5 Å². The molecule has 31 heavy (non-hydrogen) atoms. The molecule has 1 aliphatic heterocycles. The average molecular weight is 479 g/mol. The molecule has 1 fully saturated rings. The molecule has 1 N–H and O–H groups in total. The maximum absolute atomic E-state index is 13.0. The standard InChI is InChI=1S/C19H18ClF3N2O5S/c1-29-16-5-2-12(10-17(16)31(27,28)25-6-8-30-9-7-25)18(26)24-15-11-13(19(21,22)23)3-4-14(15)20/h2-5,10-11H,6-9H2,1H3,(H,24,26). The first kappa shape index (κ1) is 23.3. The molecule has 0 bridgehead atoms. The van der Waals surface area contributed by atoms with Crippen molar-refractivity contribution in [3.05, 3.63) is 52.5 Å². The predicted octanol–water partition coefficient (Wildman–Crippen LogP) is 3.64. The van der Waals surface area contributed by atoms with Crippen LogP contribution in [-0.4, -0.2) is 52.0 Å². The minimum absolute atomic E-state index is 0.0279. The fourth-order valence-electron chi connectivity index (χ4n) is 2.94. The van der Waals surface area contributed by atoms with Gasteiger partial charge in [0.05, 0.1) is 36.6 Å². The zero-order chi connectivity index (χ0) is 22.8. The van der Waals surface area contributed by atoms with Crippen LogP contribution in [0.1, 0.15) is 15.9 Å². The number of amides is 1. The van der Waals surface area contributed by atoms with E-state index >= 15 is 0 Å². The third kappa shape index (κ3) is 5.12. The molecule has 2 aromatic carbocycles. The highest BCUT2D eigenvalue weighted by atomic mass is 35.5. The first-order chi connectivity index (χ1) is 14.5. The van der Waals surface area contributed by atoms with Crippen molar-refractivity contribution in [3.8, 4) is 5.75 Å². The van der Waals surface area contributed by atoms with Crippen molar-refractivity contribution in [2.45, 2.75) is 11.1 Å². The van der Waals surface area contributed by atoms with E-state index in [1.165, 1.54) is 23.5 Å². The van der Waals surface area contributed by atoms with E-state index in [1.54, 1.807) is 0 Å². The molecule has 168 valence electrons. The third-order valence-electron chi connectivity index (χ3n) is 4.56. The largest absolute Gasteiger partial charge is 0.495 e. The lowest BCUT2D eigenvalue weighted by molar-refractivity contribution is -0.137. The summed E-state index contributed by atoms with van der Waals surface area (Å²) in [4.78, 5) is 12.4. The minimum atomic E-state index is -4.62. The Balaban J connectivity index is 1.94. The summed E-state index contributed by atoms with van der Waals surface area (Å²) in [5.41, 5.74) is -1.34. The number of rotatable bonds is 5. The van der Waals surface area contributed by atoms with E-state index in [2.05, 4.69) is 5.32 Å². The van der Waals surface area contributed by atoms with Gasteiger partial charge in [0, 0.05) is 18.7 Å². The van der Waals surface area contributed by atoms with Gasteiger partial charge < -0.3 is 14.8 Å². The molecule has 1 saturated heterocycles. The highest BCUT2D eigenvalue weighted by Gasteiger charge is 2.32. The number of ether oxygens (including phenoxy) is 2. The van der Waals surface area contributed by atoms with Gasteiger partial charge >= 0.3 is 6.18 Å². The van der Waals surface area contributed by atoms with Crippen molar-refractivity contribution in [3.63, 3.8) is 0 Å². The monoisotopic (exact) mass is 478 g/mol. The fraction of sp³-hybridized carbons (Fsp3) is 0.316. The highest BCUT2D eigenvalue weighted by Crippen LogP contribution is 2.34. The molecular formula is C19H18ClF3N2O5S. The molecule has 7 nitrogen and oxygen atoms in total. The van der Waals surface area contributed by atoms with Gasteiger partial charge in [-0.15, -0.1) is 0 Å². The van der Waals surface area contributed by atoms with Crippen LogP contribution in [-0.2, 0) is 20.9 Å². The van der Waals surface area contributed by atoms with E-state index in [9.17, 15) is 26.4 Å². The van der Waals surface area contributed by atoms with Crippen molar-refractivity contribution in [2.24, 2.45) is 0 Å². The van der Waals surface area contributed by atoms with Crippen LogP contribution < -0.4 is 10.1 Å². The molecule has 3 rings (SSSR count). The van der Waals surface area contributed by atoms with Crippen molar-refractivity contribution in [1.29, 1.82) is 0 Å². The van der Waals surface area contributed by atoms with Crippen LogP contribution in [0.4, 0.5) is 18.9 Å². The smallest absolute Gasteiger partial charge is 0.416 e. The normalized spacial score (nSPS) is 15.5. The quantitative estimate of drug-likeness (QED) is 0.709. The molecule has 0 unspecified atom stereocenters. The summed E-state index contributed by atoms with van der Waals surface area (Å²) in [5, 5.41) is 2.19. The Labute approximate surface area is 181 Å². The van der Waals surface area contributed by atoms with Gasteiger partial charge in [0.25, 0.3) is 5.91 Å². The zero-order valence-electron chi connectivity index (χ0n) is 16.2. The number of sulfonamides is 1. The summed E-state index contributed by atoms with van der Waals surface area (Å²) in [6, 6.07) is 6.22. The summed E-state index contributed by atoms with van der Waals surface area (Å²) in [6.07, 6.45) is -4.62. The molecule has 2 aromatic rings. The van der Waals surface area contributed by atoms with Gasteiger partial charge in [0.15, 0.2) is 0 Å². The number of benzene rings is 2.